The Kier molecular flexibility index (Phi) is 4.86. The first kappa shape index (κ1) is 9.70. The van der Waals surface area contributed by atoms with Gasteiger partial charge in [0.1, 0.15) is 0 Å². The van der Waals surface area contributed by atoms with Gasteiger partial charge in [0.2, 0.25) is 0 Å². The maximum atomic E-state index is 8.90. The third-order valence-electron chi connectivity index (χ3n) is 0.873. The first-order valence-corrected chi connectivity index (χ1v) is 7.25. The molecule has 0 unspecified atom stereocenters. The van der Waals surface area contributed by atoms with Crippen molar-refractivity contribution in [3.8, 4) is 0 Å². The van der Waals surface area contributed by atoms with Crippen molar-refractivity contribution in [1.82, 2.24) is 0 Å². The molecule has 0 aliphatic heterocycles. The molecule has 0 saturated carbocycles. The van der Waals surface area contributed by atoms with Crippen molar-refractivity contribution in [2.24, 2.45) is 0 Å². The van der Waals surface area contributed by atoms with Crippen molar-refractivity contribution in [2.75, 3.05) is 12.4 Å². The van der Waals surface area contributed by atoms with E-state index in [1.54, 1.807) is 0 Å². The summed E-state index contributed by atoms with van der Waals surface area (Å²) in [6.07, 6.45) is 2.20. The molecule has 0 aliphatic carbocycles. The summed E-state index contributed by atoms with van der Waals surface area (Å²) in [7, 11) is 0. The summed E-state index contributed by atoms with van der Waals surface area (Å²) in [6.45, 7) is 0.835. The van der Waals surface area contributed by atoms with E-state index < -0.39 is 6.92 Å². The second-order valence-corrected chi connectivity index (χ2v) is 7.89. The van der Waals surface area contributed by atoms with Crippen LogP contribution in [0.4, 0.5) is 0 Å². The van der Waals surface area contributed by atoms with Gasteiger partial charge < -0.3 is 0 Å². The van der Waals surface area contributed by atoms with Crippen LogP contribution < -0.4 is 0 Å². The molecule has 0 saturated heterocycles. The second kappa shape index (κ2) is 4.51. The van der Waals surface area contributed by atoms with Gasteiger partial charge in [0.15, 0.2) is 0 Å². The Bertz CT molecular complexity index is 71.8. The van der Waals surface area contributed by atoms with Crippen LogP contribution in [0.5, 0.6) is 0 Å². The standard InChI is InChI=1S/C5H15O2PS/c1-3-4-5-9-8(2,6)7/h6-8H,3-5H2,1-2H3. The van der Waals surface area contributed by atoms with Gasteiger partial charge in [-0.3, -0.25) is 0 Å². The van der Waals surface area contributed by atoms with Crippen LogP contribution in [0.15, 0.2) is 0 Å². The molecule has 0 aliphatic rings. The number of rotatable bonds is 4. The van der Waals surface area contributed by atoms with Gasteiger partial charge in [-0.15, -0.1) is 0 Å². The fraction of sp³-hybridized carbons (Fsp3) is 1.00. The molecule has 2 nitrogen and oxygen atoms in total. The van der Waals surface area contributed by atoms with Crippen LogP contribution in [-0.4, -0.2) is 22.2 Å². The van der Waals surface area contributed by atoms with Crippen molar-refractivity contribution in [1.29, 1.82) is 0 Å². The zero-order chi connectivity index (χ0) is 7.33. The van der Waals surface area contributed by atoms with E-state index in [0.717, 1.165) is 18.6 Å². The Morgan fingerprint density at radius 3 is 2.33 bits per heavy atom. The van der Waals surface area contributed by atoms with Gasteiger partial charge in [0, 0.05) is 0 Å². The normalized spacial score (nSPS) is 13.8. The molecule has 0 bridgehead atoms. The van der Waals surface area contributed by atoms with E-state index in [1.807, 2.05) is 0 Å². The molecular weight excluding hydrogens is 155 g/mol. The minimum atomic E-state index is -2.78. The summed E-state index contributed by atoms with van der Waals surface area (Å²) in [6, 6.07) is 0. The number of unbranched alkanes of at least 4 members (excludes halogenated alkanes) is 1. The summed E-state index contributed by atoms with van der Waals surface area (Å²) in [4.78, 5) is 17.8. The maximum absolute atomic E-state index is 8.90. The van der Waals surface area contributed by atoms with Crippen LogP contribution in [0.1, 0.15) is 19.8 Å². The molecule has 0 rings (SSSR count). The van der Waals surface area contributed by atoms with Crippen LogP contribution in [-0.2, 0) is 0 Å². The molecule has 0 heterocycles. The van der Waals surface area contributed by atoms with Gasteiger partial charge in [-0.2, -0.15) is 0 Å². The Balaban J connectivity index is 3.07. The quantitative estimate of drug-likeness (QED) is 0.497. The Morgan fingerprint density at radius 2 is 2.00 bits per heavy atom. The molecule has 0 aromatic heterocycles. The van der Waals surface area contributed by atoms with Crippen molar-refractivity contribution < 1.29 is 9.79 Å². The second-order valence-electron chi connectivity index (χ2n) is 2.14. The van der Waals surface area contributed by atoms with Crippen LogP contribution in [0.3, 0.4) is 0 Å². The van der Waals surface area contributed by atoms with Crippen molar-refractivity contribution >= 4 is 18.3 Å². The summed E-state index contributed by atoms with van der Waals surface area (Å²) in [5.74, 6) is 0.881. The van der Waals surface area contributed by atoms with Crippen molar-refractivity contribution in [3.05, 3.63) is 0 Å². The topological polar surface area (TPSA) is 40.5 Å². The van der Waals surface area contributed by atoms with Gasteiger partial charge in [-0.05, 0) is 0 Å². The zero-order valence-electron chi connectivity index (χ0n) is 5.92. The van der Waals surface area contributed by atoms with E-state index in [-0.39, 0.29) is 0 Å². The third-order valence-corrected chi connectivity index (χ3v) is 4.17. The summed E-state index contributed by atoms with van der Waals surface area (Å²) >= 11 is 1.31. The molecule has 58 valence electrons. The van der Waals surface area contributed by atoms with E-state index >= 15 is 0 Å². The Morgan fingerprint density at radius 1 is 1.44 bits per heavy atom. The average Bonchev–Trinajstić information content (AvgIpc) is 1.63. The first-order valence-electron chi connectivity index (χ1n) is 3.15. The molecule has 0 radical (unpaired) electrons. The van der Waals surface area contributed by atoms with Gasteiger partial charge in [-0.1, -0.05) is 0 Å². The monoisotopic (exact) mass is 170 g/mol. The van der Waals surface area contributed by atoms with Gasteiger partial charge >= 0.3 is 60.3 Å². The Hall–Kier alpha value is 0.700. The summed E-state index contributed by atoms with van der Waals surface area (Å²) in [5.41, 5.74) is 0. The van der Waals surface area contributed by atoms with E-state index in [2.05, 4.69) is 6.92 Å². The fourth-order valence-corrected chi connectivity index (χ4v) is 2.82. The fourth-order valence-electron chi connectivity index (χ4n) is 0.410. The van der Waals surface area contributed by atoms with Crippen LogP contribution in [0, 0.1) is 0 Å². The summed E-state index contributed by atoms with van der Waals surface area (Å²) < 4.78 is 0. The van der Waals surface area contributed by atoms with E-state index in [4.69, 9.17) is 9.79 Å². The molecule has 0 aromatic rings. The molecule has 0 atom stereocenters. The van der Waals surface area contributed by atoms with Crippen molar-refractivity contribution in [3.63, 3.8) is 0 Å². The van der Waals surface area contributed by atoms with Crippen molar-refractivity contribution in [2.45, 2.75) is 19.8 Å². The average molecular weight is 170 g/mol. The van der Waals surface area contributed by atoms with E-state index in [1.165, 1.54) is 18.0 Å². The summed E-state index contributed by atoms with van der Waals surface area (Å²) in [5, 5.41) is 0. The minimum absolute atomic E-state index is 0.881. The zero-order valence-corrected chi connectivity index (χ0v) is 7.74. The van der Waals surface area contributed by atoms with Crippen LogP contribution in [0.25, 0.3) is 0 Å². The molecular formula is C5H15O2PS. The predicted molar refractivity (Wildman–Crippen MR) is 46.0 cm³/mol. The Labute approximate surface area is 60.9 Å². The molecule has 0 aromatic carbocycles. The molecule has 2 N–H and O–H groups in total. The van der Waals surface area contributed by atoms with E-state index in [0.29, 0.717) is 0 Å². The molecule has 0 amide bonds. The van der Waals surface area contributed by atoms with Gasteiger partial charge in [0.25, 0.3) is 0 Å². The predicted octanol–water partition coefficient (Wildman–Crippen LogP) is 1.63. The molecule has 9 heavy (non-hydrogen) atoms. The third kappa shape index (κ3) is 8.70. The van der Waals surface area contributed by atoms with Crippen LogP contribution in [0.2, 0.25) is 0 Å². The van der Waals surface area contributed by atoms with Gasteiger partial charge in [0.05, 0.1) is 0 Å². The molecule has 0 spiro atoms. The molecule has 0 fully saturated rings. The van der Waals surface area contributed by atoms with Gasteiger partial charge in [-0.25, -0.2) is 0 Å². The molecule has 4 heteroatoms. The van der Waals surface area contributed by atoms with E-state index in [9.17, 15) is 0 Å². The van der Waals surface area contributed by atoms with Crippen LogP contribution >= 0.6 is 18.3 Å². The number of hydrogen-bond acceptors (Lipinski definition) is 3. The first-order chi connectivity index (χ1) is 4.06. The number of hydrogen-bond donors (Lipinski definition) is 2. The SMILES string of the molecule is CCCCS[PH](C)(O)O.